The van der Waals surface area contributed by atoms with Gasteiger partial charge in [0.15, 0.2) is 0 Å². The maximum absolute atomic E-state index is 12.6. The van der Waals surface area contributed by atoms with Gasteiger partial charge < -0.3 is 9.80 Å². The Hall–Kier alpha value is -1.58. The fourth-order valence-electron chi connectivity index (χ4n) is 2.91. The van der Waals surface area contributed by atoms with Crippen molar-refractivity contribution < 1.29 is 4.79 Å². The molecule has 21 heavy (non-hydrogen) atoms. The molecule has 0 radical (unpaired) electrons. The largest absolute Gasteiger partial charge is 0.370 e. The van der Waals surface area contributed by atoms with Crippen LogP contribution < -0.4 is 4.90 Å². The van der Waals surface area contributed by atoms with Crippen LogP contribution in [0.3, 0.4) is 0 Å². The van der Waals surface area contributed by atoms with Gasteiger partial charge in [0.05, 0.1) is 17.4 Å². The zero-order valence-electron chi connectivity index (χ0n) is 13.3. The van der Waals surface area contributed by atoms with Crippen molar-refractivity contribution >= 4 is 11.6 Å². The summed E-state index contributed by atoms with van der Waals surface area (Å²) < 4.78 is 0. The van der Waals surface area contributed by atoms with Crippen LogP contribution in [-0.2, 0) is 0 Å². The Balaban J connectivity index is 2.13. The predicted octanol–water partition coefficient (Wildman–Crippen LogP) is 3.33. The van der Waals surface area contributed by atoms with Crippen molar-refractivity contribution in [3.05, 3.63) is 24.0 Å². The van der Waals surface area contributed by atoms with Crippen molar-refractivity contribution in [1.82, 2.24) is 9.88 Å². The SMILES string of the molecule is CCCN(CCC)C(=O)c1cncc(N2CCCCC2)c1. The monoisotopic (exact) mass is 289 g/mol. The second-order valence-electron chi connectivity index (χ2n) is 5.77. The van der Waals surface area contributed by atoms with Crippen LogP contribution in [0.1, 0.15) is 56.3 Å². The lowest BCUT2D eigenvalue weighted by atomic mass is 10.1. The van der Waals surface area contributed by atoms with Crippen molar-refractivity contribution in [2.24, 2.45) is 0 Å². The highest BCUT2D eigenvalue weighted by atomic mass is 16.2. The summed E-state index contributed by atoms with van der Waals surface area (Å²) in [6.45, 7) is 8.01. The van der Waals surface area contributed by atoms with Gasteiger partial charge in [0.25, 0.3) is 5.91 Å². The Morgan fingerprint density at radius 1 is 1.14 bits per heavy atom. The summed E-state index contributed by atoms with van der Waals surface area (Å²) in [6.07, 6.45) is 9.34. The molecule has 116 valence electrons. The normalized spacial score (nSPS) is 15.0. The summed E-state index contributed by atoms with van der Waals surface area (Å²) in [4.78, 5) is 21.2. The molecule has 1 fully saturated rings. The molecule has 1 saturated heterocycles. The van der Waals surface area contributed by atoms with E-state index in [1.807, 2.05) is 17.2 Å². The van der Waals surface area contributed by atoms with E-state index in [2.05, 4.69) is 23.7 Å². The zero-order valence-corrected chi connectivity index (χ0v) is 13.3. The Kier molecular flexibility index (Phi) is 6.03. The first-order chi connectivity index (χ1) is 10.3. The summed E-state index contributed by atoms with van der Waals surface area (Å²) in [5.74, 6) is 0.116. The maximum atomic E-state index is 12.6. The van der Waals surface area contributed by atoms with Crippen LogP contribution in [0.4, 0.5) is 5.69 Å². The van der Waals surface area contributed by atoms with E-state index in [-0.39, 0.29) is 5.91 Å². The summed E-state index contributed by atoms with van der Waals surface area (Å²) in [5, 5.41) is 0. The van der Waals surface area contributed by atoms with Gasteiger partial charge in [-0.1, -0.05) is 13.8 Å². The number of carbonyl (C=O) groups is 1. The lowest BCUT2D eigenvalue weighted by Crippen LogP contribution is -2.33. The molecule has 1 aliphatic heterocycles. The Labute approximate surface area is 128 Å². The van der Waals surface area contributed by atoms with E-state index in [1.54, 1.807) is 6.20 Å². The standard InChI is InChI=1S/C17H27N3O/c1-3-8-20(9-4-2)17(21)15-12-16(14-18-13-15)19-10-6-5-7-11-19/h12-14H,3-11H2,1-2H3. The highest BCUT2D eigenvalue weighted by molar-refractivity contribution is 5.94. The third kappa shape index (κ3) is 4.19. The number of anilines is 1. The third-order valence-corrected chi connectivity index (χ3v) is 3.97. The molecule has 1 aromatic rings. The quantitative estimate of drug-likeness (QED) is 0.806. The molecular weight excluding hydrogens is 262 g/mol. The minimum atomic E-state index is 0.116. The molecule has 0 aliphatic carbocycles. The molecular formula is C17H27N3O. The zero-order chi connectivity index (χ0) is 15.1. The number of piperidine rings is 1. The van der Waals surface area contributed by atoms with Gasteiger partial charge in [-0.15, -0.1) is 0 Å². The van der Waals surface area contributed by atoms with E-state index >= 15 is 0 Å². The first-order valence-electron chi connectivity index (χ1n) is 8.25. The molecule has 1 aliphatic rings. The second-order valence-corrected chi connectivity index (χ2v) is 5.77. The average molecular weight is 289 g/mol. The van der Waals surface area contributed by atoms with Gasteiger partial charge in [-0.05, 0) is 38.2 Å². The smallest absolute Gasteiger partial charge is 0.255 e. The number of pyridine rings is 1. The number of rotatable bonds is 6. The van der Waals surface area contributed by atoms with Crippen LogP contribution in [0.25, 0.3) is 0 Å². The number of amides is 1. The van der Waals surface area contributed by atoms with Crippen LogP contribution in [0.5, 0.6) is 0 Å². The number of nitrogens with zero attached hydrogens (tertiary/aromatic N) is 3. The highest BCUT2D eigenvalue weighted by Gasteiger charge is 2.17. The molecule has 1 aromatic heterocycles. The molecule has 0 spiro atoms. The fourth-order valence-corrected chi connectivity index (χ4v) is 2.91. The lowest BCUT2D eigenvalue weighted by molar-refractivity contribution is 0.0755. The van der Waals surface area contributed by atoms with E-state index in [0.717, 1.165) is 50.3 Å². The van der Waals surface area contributed by atoms with Crippen LogP contribution in [0, 0.1) is 0 Å². The molecule has 0 unspecified atom stereocenters. The van der Waals surface area contributed by atoms with Gasteiger partial charge in [-0.25, -0.2) is 0 Å². The molecule has 2 heterocycles. The molecule has 4 heteroatoms. The van der Waals surface area contributed by atoms with Crippen LogP contribution in [0.15, 0.2) is 18.5 Å². The van der Waals surface area contributed by atoms with Gasteiger partial charge >= 0.3 is 0 Å². The van der Waals surface area contributed by atoms with Gasteiger partial charge in [0.1, 0.15) is 0 Å². The van der Waals surface area contributed by atoms with Crippen molar-refractivity contribution in [3.8, 4) is 0 Å². The molecule has 0 N–H and O–H groups in total. The summed E-state index contributed by atoms with van der Waals surface area (Å²) in [7, 11) is 0. The van der Waals surface area contributed by atoms with Crippen LogP contribution >= 0.6 is 0 Å². The van der Waals surface area contributed by atoms with Crippen LogP contribution in [0.2, 0.25) is 0 Å². The molecule has 1 amide bonds. The van der Waals surface area contributed by atoms with Crippen LogP contribution in [-0.4, -0.2) is 42.0 Å². The van der Waals surface area contributed by atoms with Gasteiger partial charge in [-0.2, -0.15) is 0 Å². The van der Waals surface area contributed by atoms with Gasteiger partial charge in [0, 0.05) is 32.4 Å². The minimum Gasteiger partial charge on any atom is -0.370 e. The number of hydrogen-bond donors (Lipinski definition) is 0. The third-order valence-electron chi connectivity index (χ3n) is 3.97. The highest BCUT2D eigenvalue weighted by Crippen LogP contribution is 2.20. The number of carbonyl (C=O) groups excluding carboxylic acids is 1. The van der Waals surface area contributed by atoms with Gasteiger partial charge in [0.2, 0.25) is 0 Å². The van der Waals surface area contributed by atoms with Gasteiger partial charge in [-0.3, -0.25) is 9.78 Å². The molecule has 0 bridgehead atoms. The maximum Gasteiger partial charge on any atom is 0.255 e. The Morgan fingerprint density at radius 2 is 1.81 bits per heavy atom. The van der Waals surface area contributed by atoms with E-state index < -0.39 is 0 Å². The first kappa shape index (κ1) is 15.8. The minimum absolute atomic E-state index is 0.116. The molecule has 0 aromatic carbocycles. The first-order valence-corrected chi connectivity index (χ1v) is 8.25. The Morgan fingerprint density at radius 3 is 2.43 bits per heavy atom. The average Bonchev–Trinajstić information content (AvgIpc) is 2.55. The van der Waals surface area contributed by atoms with E-state index in [0.29, 0.717) is 0 Å². The molecule has 0 saturated carbocycles. The van der Waals surface area contributed by atoms with E-state index in [9.17, 15) is 4.79 Å². The van der Waals surface area contributed by atoms with E-state index in [1.165, 1.54) is 19.3 Å². The molecule has 2 rings (SSSR count). The van der Waals surface area contributed by atoms with Crippen molar-refractivity contribution in [2.45, 2.75) is 46.0 Å². The van der Waals surface area contributed by atoms with Crippen molar-refractivity contribution in [2.75, 3.05) is 31.1 Å². The summed E-state index contributed by atoms with van der Waals surface area (Å²) in [6, 6.07) is 2.01. The lowest BCUT2D eigenvalue weighted by Gasteiger charge is -2.29. The number of hydrogen-bond acceptors (Lipinski definition) is 3. The van der Waals surface area contributed by atoms with Crippen molar-refractivity contribution in [1.29, 1.82) is 0 Å². The number of aromatic nitrogens is 1. The Bertz CT molecular complexity index is 449. The summed E-state index contributed by atoms with van der Waals surface area (Å²) >= 11 is 0. The summed E-state index contributed by atoms with van der Waals surface area (Å²) in [5.41, 5.74) is 1.81. The molecule has 4 nitrogen and oxygen atoms in total. The predicted molar refractivity (Wildman–Crippen MR) is 86.8 cm³/mol. The molecule has 0 atom stereocenters. The van der Waals surface area contributed by atoms with E-state index in [4.69, 9.17) is 0 Å². The fraction of sp³-hybridized carbons (Fsp3) is 0.647. The van der Waals surface area contributed by atoms with Crippen molar-refractivity contribution in [3.63, 3.8) is 0 Å². The second kappa shape index (κ2) is 8.01. The topological polar surface area (TPSA) is 36.4 Å².